The van der Waals surface area contributed by atoms with Gasteiger partial charge >= 0.3 is 11.9 Å². The highest BCUT2D eigenvalue weighted by Crippen LogP contribution is 2.37. The van der Waals surface area contributed by atoms with Crippen LogP contribution in [0.1, 0.15) is 11.6 Å². The average Bonchev–Trinajstić information content (AvgIpc) is 2.69. The minimum Gasteiger partial charge on any atom is -0.508 e. The van der Waals surface area contributed by atoms with E-state index in [1.165, 1.54) is 17.0 Å². The van der Waals surface area contributed by atoms with Crippen molar-refractivity contribution in [1.29, 1.82) is 0 Å². The number of hydrogen-bond acceptors (Lipinski definition) is 5. The van der Waals surface area contributed by atoms with Gasteiger partial charge < -0.3 is 20.1 Å². The van der Waals surface area contributed by atoms with Crippen LogP contribution in [0, 0.1) is 0 Å². The number of fused-ring (bicyclic) bond motifs is 1. The Bertz CT molecular complexity index is 499. The van der Waals surface area contributed by atoms with Gasteiger partial charge in [-0.1, -0.05) is 0 Å². The molecule has 0 saturated carbocycles. The third-order valence-electron chi connectivity index (χ3n) is 2.87. The van der Waals surface area contributed by atoms with Gasteiger partial charge in [0, 0.05) is 11.6 Å². The maximum atomic E-state index is 10.8. The van der Waals surface area contributed by atoms with Gasteiger partial charge in [0.1, 0.15) is 18.1 Å². The van der Waals surface area contributed by atoms with Gasteiger partial charge in [-0.25, -0.2) is 0 Å². The van der Waals surface area contributed by atoms with Gasteiger partial charge in [-0.3, -0.25) is 14.5 Å². The Kier molecular flexibility index (Phi) is 3.57. The maximum Gasteiger partial charge on any atom is 0.317 e. The molecule has 1 aliphatic heterocycles. The third-order valence-corrected chi connectivity index (χ3v) is 2.87. The van der Waals surface area contributed by atoms with E-state index in [-0.39, 0.29) is 25.4 Å². The summed E-state index contributed by atoms with van der Waals surface area (Å²) in [5, 5.41) is 27.0. The van der Waals surface area contributed by atoms with Crippen LogP contribution < -0.4 is 4.74 Å². The van der Waals surface area contributed by atoms with E-state index in [0.29, 0.717) is 11.3 Å². The zero-order valence-corrected chi connectivity index (χ0v) is 9.94. The minimum absolute atomic E-state index is 0.0439. The second-order valence-corrected chi connectivity index (χ2v) is 4.24. The van der Waals surface area contributed by atoms with E-state index in [1.54, 1.807) is 6.07 Å². The van der Waals surface area contributed by atoms with Gasteiger partial charge in [-0.05, 0) is 12.1 Å². The summed E-state index contributed by atoms with van der Waals surface area (Å²) in [6, 6.07) is 4.05. The molecule has 0 saturated heterocycles. The van der Waals surface area contributed by atoms with Crippen LogP contribution in [0.15, 0.2) is 18.2 Å². The molecule has 0 bridgehead atoms. The van der Waals surface area contributed by atoms with E-state index < -0.39 is 18.0 Å². The highest BCUT2D eigenvalue weighted by atomic mass is 16.5. The van der Waals surface area contributed by atoms with Gasteiger partial charge in [0.2, 0.25) is 0 Å². The first-order valence-corrected chi connectivity index (χ1v) is 5.60. The fraction of sp³-hybridized carbons (Fsp3) is 0.333. The van der Waals surface area contributed by atoms with Gasteiger partial charge in [0.05, 0.1) is 19.1 Å². The van der Waals surface area contributed by atoms with Crippen molar-refractivity contribution >= 4 is 11.9 Å². The van der Waals surface area contributed by atoms with Crippen LogP contribution in [0.25, 0.3) is 0 Å². The van der Waals surface area contributed by atoms with Crippen molar-refractivity contribution in [3.63, 3.8) is 0 Å². The Labute approximate surface area is 108 Å². The molecule has 1 aromatic rings. The first kappa shape index (κ1) is 13.2. The zero-order chi connectivity index (χ0) is 14.0. The van der Waals surface area contributed by atoms with Crippen molar-refractivity contribution < 1.29 is 29.6 Å². The number of rotatable bonds is 5. The van der Waals surface area contributed by atoms with Crippen molar-refractivity contribution in [1.82, 2.24) is 4.90 Å². The number of carboxylic acid groups (broad SMARTS) is 2. The molecule has 19 heavy (non-hydrogen) atoms. The fourth-order valence-corrected chi connectivity index (χ4v) is 2.11. The molecule has 0 aromatic heterocycles. The smallest absolute Gasteiger partial charge is 0.317 e. The highest BCUT2D eigenvalue weighted by Gasteiger charge is 2.32. The lowest BCUT2D eigenvalue weighted by atomic mass is 10.1. The minimum atomic E-state index is -1.10. The van der Waals surface area contributed by atoms with E-state index in [1.807, 2.05) is 0 Å². The molecule has 0 amide bonds. The molecule has 3 N–H and O–H groups in total. The predicted molar refractivity (Wildman–Crippen MR) is 63.2 cm³/mol. The van der Waals surface area contributed by atoms with Crippen molar-refractivity contribution in [2.24, 2.45) is 0 Å². The highest BCUT2D eigenvalue weighted by molar-refractivity contribution is 5.73. The molecule has 0 radical (unpaired) electrons. The molecule has 0 spiro atoms. The summed E-state index contributed by atoms with van der Waals surface area (Å²) < 4.78 is 5.35. The molecule has 1 aliphatic rings. The number of nitrogens with zero attached hydrogens (tertiary/aromatic N) is 1. The summed E-state index contributed by atoms with van der Waals surface area (Å²) in [5.74, 6) is -1.71. The van der Waals surface area contributed by atoms with E-state index in [2.05, 4.69) is 0 Å². The normalized spacial score (nSPS) is 17.0. The molecule has 1 aromatic carbocycles. The summed E-state index contributed by atoms with van der Waals surface area (Å²) in [7, 11) is 0. The summed E-state index contributed by atoms with van der Waals surface area (Å²) in [5.41, 5.74) is 0.681. The topological polar surface area (TPSA) is 107 Å². The number of hydrogen-bond donors (Lipinski definition) is 3. The van der Waals surface area contributed by atoms with Gasteiger partial charge in [-0.15, -0.1) is 0 Å². The van der Waals surface area contributed by atoms with E-state index >= 15 is 0 Å². The number of phenols is 1. The number of carbonyl (C=O) groups is 2. The molecule has 0 fully saturated rings. The first-order valence-electron chi connectivity index (χ1n) is 5.60. The van der Waals surface area contributed by atoms with Crippen LogP contribution >= 0.6 is 0 Å². The second kappa shape index (κ2) is 5.15. The third kappa shape index (κ3) is 2.94. The summed E-state index contributed by atoms with van der Waals surface area (Å²) in [4.78, 5) is 22.9. The Morgan fingerprint density at radius 3 is 2.47 bits per heavy atom. The number of carboxylic acids is 2. The lowest BCUT2D eigenvalue weighted by Crippen LogP contribution is -2.38. The Balaban J connectivity index is 2.25. The molecule has 1 atom stereocenters. The Hall–Kier alpha value is -2.28. The maximum absolute atomic E-state index is 10.8. The van der Waals surface area contributed by atoms with Crippen LogP contribution in [0.3, 0.4) is 0 Å². The van der Waals surface area contributed by atoms with Gasteiger partial charge in [0.15, 0.2) is 0 Å². The quantitative estimate of drug-likeness (QED) is 0.704. The number of aliphatic carboxylic acids is 2. The van der Waals surface area contributed by atoms with Crippen molar-refractivity contribution in [2.75, 3.05) is 19.7 Å². The molecule has 7 nitrogen and oxygen atoms in total. The van der Waals surface area contributed by atoms with Gasteiger partial charge in [-0.2, -0.15) is 0 Å². The molecule has 1 heterocycles. The molecular formula is C12H13NO6. The van der Waals surface area contributed by atoms with Gasteiger partial charge in [0.25, 0.3) is 0 Å². The van der Waals surface area contributed by atoms with Crippen LogP contribution in [-0.4, -0.2) is 51.9 Å². The molecule has 2 rings (SSSR count). The van der Waals surface area contributed by atoms with Crippen molar-refractivity contribution in [2.45, 2.75) is 6.04 Å². The second-order valence-electron chi connectivity index (χ2n) is 4.24. The molecule has 0 aliphatic carbocycles. The lowest BCUT2D eigenvalue weighted by Gasteiger charge is -2.24. The van der Waals surface area contributed by atoms with Crippen LogP contribution in [0.5, 0.6) is 11.5 Å². The van der Waals surface area contributed by atoms with Crippen LogP contribution in [0.2, 0.25) is 0 Å². The monoisotopic (exact) mass is 267 g/mol. The standard InChI is InChI=1S/C12H13NO6/c14-7-1-2-8-9(6-19-10(8)3-7)13(4-11(15)16)5-12(17)18/h1-3,9,14H,4-6H2,(H,15,16)(H,17,18). The van der Waals surface area contributed by atoms with E-state index in [4.69, 9.17) is 14.9 Å². The summed E-state index contributed by atoms with van der Waals surface area (Å²) in [6.07, 6.45) is 0. The Morgan fingerprint density at radius 1 is 1.26 bits per heavy atom. The molecule has 102 valence electrons. The predicted octanol–water partition coefficient (Wildman–Crippen LogP) is 0.297. The molecule has 1 unspecified atom stereocenters. The Morgan fingerprint density at radius 2 is 1.89 bits per heavy atom. The van der Waals surface area contributed by atoms with E-state index in [0.717, 1.165) is 0 Å². The number of benzene rings is 1. The SMILES string of the molecule is O=C(O)CN(CC(=O)O)C1COc2cc(O)ccc21. The summed E-state index contributed by atoms with van der Waals surface area (Å²) >= 11 is 0. The lowest BCUT2D eigenvalue weighted by molar-refractivity contribution is -0.143. The number of ether oxygens (including phenoxy) is 1. The molecular weight excluding hydrogens is 254 g/mol. The van der Waals surface area contributed by atoms with Crippen molar-refractivity contribution in [3.05, 3.63) is 23.8 Å². The first-order chi connectivity index (χ1) is 8.97. The number of phenolic OH excluding ortho intramolecular Hbond substituents is 1. The van der Waals surface area contributed by atoms with Crippen LogP contribution in [-0.2, 0) is 9.59 Å². The van der Waals surface area contributed by atoms with Crippen molar-refractivity contribution in [3.8, 4) is 11.5 Å². The average molecular weight is 267 g/mol. The largest absolute Gasteiger partial charge is 0.508 e. The zero-order valence-electron chi connectivity index (χ0n) is 9.94. The number of aromatic hydroxyl groups is 1. The summed E-state index contributed by atoms with van der Waals surface area (Å²) in [6.45, 7) is -0.610. The molecule has 7 heteroatoms. The van der Waals surface area contributed by atoms with E-state index in [9.17, 15) is 14.7 Å². The van der Waals surface area contributed by atoms with Crippen LogP contribution in [0.4, 0.5) is 0 Å². The fourth-order valence-electron chi connectivity index (χ4n) is 2.11.